The van der Waals surface area contributed by atoms with Crippen molar-refractivity contribution in [2.45, 2.75) is 33.1 Å². The zero-order valence-corrected chi connectivity index (χ0v) is 10.3. The highest BCUT2D eigenvalue weighted by Crippen LogP contribution is 2.28. The van der Waals surface area contributed by atoms with E-state index < -0.39 is 6.43 Å². The second-order valence-electron chi connectivity index (χ2n) is 3.86. The first-order valence-corrected chi connectivity index (χ1v) is 5.75. The summed E-state index contributed by atoms with van der Waals surface area (Å²) in [5.41, 5.74) is 0.638. The lowest BCUT2D eigenvalue weighted by Crippen LogP contribution is -1.98. The average molecular weight is 260 g/mol. The van der Waals surface area contributed by atoms with Gasteiger partial charge in [-0.2, -0.15) is 0 Å². The van der Waals surface area contributed by atoms with Crippen LogP contribution >= 0.6 is 11.6 Å². The Labute approximate surface area is 102 Å². The van der Waals surface area contributed by atoms with Crippen molar-refractivity contribution in [3.8, 4) is 0 Å². The second kappa shape index (κ2) is 4.56. The average Bonchev–Trinajstić information content (AvgIpc) is 2.66. The highest BCUT2D eigenvalue weighted by molar-refractivity contribution is 6.30. The molecule has 0 aliphatic heterocycles. The topological polar surface area (TPSA) is 30.2 Å². The van der Waals surface area contributed by atoms with Gasteiger partial charge >= 0.3 is 0 Å². The van der Waals surface area contributed by atoms with Crippen LogP contribution in [0.5, 0.6) is 0 Å². The van der Waals surface area contributed by atoms with Crippen LogP contribution in [0.3, 0.4) is 0 Å². The third-order valence-corrected chi connectivity index (χ3v) is 3.04. The smallest absolute Gasteiger partial charge is 0.212 e. The first-order chi connectivity index (χ1) is 8.04. The summed E-state index contributed by atoms with van der Waals surface area (Å²) in [6.45, 7) is 3.56. The zero-order valence-electron chi connectivity index (χ0n) is 9.54. The van der Waals surface area contributed by atoms with E-state index >= 15 is 0 Å². The lowest BCUT2D eigenvalue weighted by atomic mass is 10.1. The summed E-state index contributed by atoms with van der Waals surface area (Å²) in [5.74, 6) is 0.625. The van der Waals surface area contributed by atoms with Gasteiger partial charge in [-0.25, -0.2) is 18.3 Å². The molecule has 2 aromatic heterocycles. The summed E-state index contributed by atoms with van der Waals surface area (Å²) in [5, 5.41) is 4.39. The van der Waals surface area contributed by atoms with Crippen molar-refractivity contribution < 1.29 is 8.78 Å². The highest BCUT2D eigenvalue weighted by Gasteiger charge is 2.17. The minimum atomic E-state index is -2.55. The molecule has 3 nitrogen and oxygen atoms in total. The molecule has 0 saturated heterocycles. The van der Waals surface area contributed by atoms with Crippen LogP contribution in [-0.4, -0.2) is 14.6 Å². The summed E-state index contributed by atoms with van der Waals surface area (Å²) >= 11 is 6.02. The molecular formula is C11H12ClF2N3. The molecular weight excluding hydrogens is 248 g/mol. The predicted molar refractivity (Wildman–Crippen MR) is 61.7 cm³/mol. The Morgan fingerprint density at radius 2 is 2.18 bits per heavy atom. The minimum Gasteiger partial charge on any atom is -0.212 e. The maximum absolute atomic E-state index is 12.8. The van der Waals surface area contributed by atoms with Gasteiger partial charge in [0.15, 0.2) is 11.5 Å². The standard InChI is InChI=1S/C11H12ClF2N3/c1-3-4-8-15-9-5-7(11(13)14)6(2)10(12)17(9)16-8/h5,11H,3-4H2,1-2H3. The van der Waals surface area contributed by atoms with Crippen molar-refractivity contribution in [3.63, 3.8) is 0 Å². The van der Waals surface area contributed by atoms with Crippen LogP contribution in [0, 0.1) is 6.92 Å². The molecule has 2 heterocycles. The number of aromatic nitrogens is 3. The molecule has 0 aliphatic carbocycles. The van der Waals surface area contributed by atoms with E-state index in [9.17, 15) is 8.78 Å². The molecule has 17 heavy (non-hydrogen) atoms. The summed E-state index contributed by atoms with van der Waals surface area (Å²) < 4.78 is 27.0. The maximum atomic E-state index is 12.8. The molecule has 0 amide bonds. The third kappa shape index (κ3) is 2.11. The number of alkyl halides is 2. The third-order valence-electron chi connectivity index (χ3n) is 2.60. The largest absolute Gasteiger partial charge is 0.264 e. The molecule has 0 atom stereocenters. The Morgan fingerprint density at radius 1 is 1.47 bits per heavy atom. The van der Waals surface area contributed by atoms with E-state index in [0.29, 0.717) is 23.5 Å². The Balaban J connectivity index is 2.64. The first kappa shape index (κ1) is 12.2. The molecule has 2 rings (SSSR count). The van der Waals surface area contributed by atoms with Gasteiger partial charge < -0.3 is 0 Å². The van der Waals surface area contributed by atoms with Crippen molar-refractivity contribution in [3.05, 3.63) is 28.2 Å². The summed E-state index contributed by atoms with van der Waals surface area (Å²) in [6, 6.07) is 1.35. The van der Waals surface area contributed by atoms with Crippen LogP contribution in [0.4, 0.5) is 8.78 Å². The maximum Gasteiger partial charge on any atom is 0.264 e. The number of nitrogens with zero attached hydrogens (tertiary/aromatic N) is 3. The van der Waals surface area contributed by atoms with Crippen LogP contribution in [0.25, 0.3) is 5.65 Å². The lowest BCUT2D eigenvalue weighted by molar-refractivity contribution is 0.150. The quantitative estimate of drug-likeness (QED) is 0.789. The number of rotatable bonds is 3. The Kier molecular flexibility index (Phi) is 3.28. The number of halogens is 3. The first-order valence-electron chi connectivity index (χ1n) is 5.37. The SMILES string of the molecule is CCCc1nc2cc(C(F)F)c(C)c(Cl)n2n1. The minimum absolute atomic E-state index is 0.0852. The molecule has 0 unspecified atom stereocenters. The van der Waals surface area contributed by atoms with Crippen LogP contribution in [0.15, 0.2) is 6.07 Å². The molecule has 0 N–H and O–H groups in total. The summed E-state index contributed by atoms with van der Waals surface area (Å²) in [7, 11) is 0. The van der Waals surface area contributed by atoms with Crippen molar-refractivity contribution in [2.75, 3.05) is 0 Å². The fraction of sp³-hybridized carbons (Fsp3) is 0.455. The van der Waals surface area contributed by atoms with Crippen LogP contribution in [-0.2, 0) is 6.42 Å². The van der Waals surface area contributed by atoms with Crippen molar-refractivity contribution in [2.24, 2.45) is 0 Å². The molecule has 0 fully saturated rings. The predicted octanol–water partition coefficient (Wildman–Crippen LogP) is 3.58. The number of pyridine rings is 1. The van der Waals surface area contributed by atoms with Gasteiger partial charge in [-0.15, -0.1) is 5.10 Å². The van der Waals surface area contributed by atoms with E-state index in [1.807, 2.05) is 6.92 Å². The zero-order chi connectivity index (χ0) is 12.6. The number of hydrogen-bond acceptors (Lipinski definition) is 2. The van der Waals surface area contributed by atoms with Crippen molar-refractivity contribution >= 4 is 17.2 Å². The van der Waals surface area contributed by atoms with Crippen LogP contribution < -0.4 is 0 Å². The molecule has 0 bridgehead atoms. The molecule has 6 heteroatoms. The molecule has 0 saturated carbocycles. The molecule has 2 aromatic rings. The molecule has 0 spiro atoms. The van der Waals surface area contributed by atoms with Gasteiger partial charge in [0.2, 0.25) is 0 Å². The number of hydrogen-bond donors (Lipinski definition) is 0. The van der Waals surface area contributed by atoms with Gasteiger partial charge in [-0.1, -0.05) is 18.5 Å². The molecule has 0 aromatic carbocycles. The van der Waals surface area contributed by atoms with Crippen LogP contribution in [0.1, 0.15) is 36.7 Å². The molecule has 92 valence electrons. The summed E-state index contributed by atoms with van der Waals surface area (Å²) in [4.78, 5) is 4.18. The van der Waals surface area contributed by atoms with Gasteiger partial charge in [-0.3, -0.25) is 0 Å². The monoisotopic (exact) mass is 259 g/mol. The number of aryl methyl sites for hydroxylation is 1. The molecule has 0 aliphatic rings. The summed E-state index contributed by atoms with van der Waals surface area (Å²) in [6.07, 6.45) is -0.945. The number of fused-ring (bicyclic) bond motifs is 1. The van der Waals surface area contributed by atoms with Gasteiger partial charge in [-0.05, 0) is 25.0 Å². The van der Waals surface area contributed by atoms with Crippen LogP contribution in [0.2, 0.25) is 5.15 Å². The fourth-order valence-electron chi connectivity index (χ4n) is 1.69. The second-order valence-corrected chi connectivity index (χ2v) is 4.22. The normalized spacial score (nSPS) is 11.6. The van der Waals surface area contributed by atoms with Crippen molar-refractivity contribution in [1.82, 2.24) is 14.6 Å². The van der Waals surface area contributed by atoms with Crippen molar-refractivity contribution in [1.29, 1.82) is 0 Å². The molecule has 0 radical (unpaired) electrons. The Hall–Kier alpha value is -1.23. The van der Waals surface area contributed by atoms with E-state index in [2.05, 4.69) is 10.1 Å². The van der Waals surface area contributed by atoms with Gasteiger partial charge in [0.1, 0.15) is 5.15 Å². The highest BCUT2D eigenvalue weighted by atomic mass is 35.5. The van der Waals surface area contributed by atoms with E-state index in [-0.39, 0.29) is 10.7 Å². The van der Waals surface area contributed by atoms with E-state index in [1.165, 1.54) is 10.6 Å². The van der Waals surface area contributed by atoms with E-state index in [1.54, 1.807) is 6.92 Å². The van der Waals surface area contributed by atoms with Gasteiger partial charge in [0.25, 0.3) is 6.43 Å². The van der Waals surface area contributed by atoms with Gasteiger partial charge in [0.05, 0.1) is 0 Å². The Morgan fingerprint density at radius 3 is 2.76 bits per heavy atom. The fourth-order valence-corrected chi connectivity index (χ4v) is 1.92. The van der Waals surface area contributed by atoms with Gasteiger partial charge in [0, 0.05) is 12.0 Å². The van der Waals surface area contributed by atoms with E-state index in [0.717, 1.165) is 6.42 Å². The Bertz CT molecular complexity index is 551. The van der Waals surface area contributed by atoms with E-state index in [4.69, 9.17) is 11.6 Å². The lowest BCUT2D eigenvalue weighted by Gasteiger charge is -2.07.